The molecule has 1 fully saturated rings. The van der Waals surface area contributed by atoms with E-state index in [4.69, 9.17) is 4.42 Å². The lowest BCUT2D eigenvalue weighted by Crippen LogP contribution is -2.32. The van der Waals surface area contributed by atoms with Crippen LogP contribution in [0, 0.1) is 5.92 Å². The number of hydrogen-bond acceptors (Lipinski definition) is 3. The van der Waals surface area contributed by atoms with Gasteiger partial charge in [0.1, 0.15) is 11.5 Å². The zero-order valence-electron chi connectivity index (χ0n) is 10.5. The van der Waals surface area contributed by atoms with Crippen molar-refractivity contribution in [2.75, 3.05) is 13.1 Å². The molecule has 0 radical (unpaired) electrons. The zero-order valence-corrected chi connectivity index (χ0v) is 10.5. The summed E-state index contributed by atoms with van der Waals surface area (Å²) in [5.41, 5.74) is 0. The number of nitrogens with zero attached hydrogens (tertiary/aromatic N) is 1. The molecule has 0 amide bonds. The molecule has 0 aliphatic heterocycles. The first-order valence-corrected chi connectivity index (χ1v) is 6.57. The van der Waals surface area contributed by atoms with E-state index in [1.54, 1.807) is 6.26 Å². The average Bonchev–Trinajstić information content (AvgIpc) is 3.00. The molecule has 1 aliphatic carbocycles. The molecule has 0 unspecified atom stereocenters. The van der Waals surface area contributed by atoms with Gasteiger partial charge in [0.25, 0.3) is 0 Å². The van der Waals surface area contributed by atoms with E-state index in [9.17, 15) is 4.79 Å². The van der Waals surface area contributed by atoms with Gasteiger partial charge in [0.15, 0.2) is 0 Å². The Balaban J connectivity index is 1.84. The largest absolute Gasteiger partial charge is 0.468 e. The minimum Gasteiger partial charge on any atom is -0.468 e. The highest BCUT2D eigenvalue weighted by Crippen LogP contribution is 2.25. The number of carbonyl (C=O) groups excluding carboxylic acids is 1. The summed E-state index contributed by atoms with van der Waals surface area (Å²) in [5, 5.41) is 0. The Kier molecular flexibility index (Phi) is 4.37. The van der Waals surface area contributed by atoms with Gasteiger partial charge in [-0.1, -0.05) is 19.8 Å². The minimum absolute atomic E-state index is 0.320. The molecule has 1 aromatic rings. The van der Waals surface area contributed by atoms with E-state index < -0.39 is 0 Å². The van der Waals surface area contributed by atoms with Crippen LogP contribution in [0.25, 0.3) is 0 Å². The summed E-state index contributed by atoms with van der Waals surface area (Å²) in [7, 11) is 0. The summed E-state index contributed by atoms with van der Waals surface area (Å²) in [4.78, 5) is 14.2. The second kappa shape index (κ2) is 6.01. The van der Waals surface area contributed by atoms with Gasteiger partial charge in [-0.25, -0.2) is 0 Å². The molecule has 1 aliphatic rings. The van der Waals surface area contributed by atoms with Gasteiger partial charge in [-0.05, 0) is 31.5 Å². The molecule has 1 heterocycles. The van der Waals surface area contributed by atoms with Crippen molar-refractivity contribution in [3.63, 3.8) is 0 Å². The fourth-order valence-corrected chi connectivity index (χ4v) is 2.50. The molecule has 0 saturated heterocycles. The molecule has 94 valence electrons. The maximum absolute atomic E-state index is 12.1. The highest BCUT2D eigenvalue weighted by molar-refractivity contribution is 5.83. The second-order valence-electron chi connectivity index (χ2n) is 4.83. The first-order valence-electron chi connectivity index (χ1n) is 6.57. The molecule has 0 aromatic carbocycles. The van der Waals surface area contributed by atoms with E-state index in [0.29, 0.717) is 18.2 Å². The standard InChI is InChI=1S/C14H21NO2/c1-2-15(10-13-8-5-9-17-13)11-14(16)12-6-3-4-7-12/h5,8-9,12H,2-4,6-7,10-11H2,1H3. The van der Waals surface area contributed by atoms with Crippen molar-refractivity contribution in [2.45, 2.75) is 39.2 Å². The lowest BCUT2D eigenvalue weighted by Gasteiger charge is -2.20. The number of carbonyl (C=O) groups is 1. The van der Waals surface area contributed by atoms with Crippen molar-refractivity contribution in [2.24, 2.45) is 5.92 Å². The smallest absolute Gasteiger partial charge is 0.149 e. The van der Waals surface area contributed by atoms with Crippen molar-refractivity contribution in [3.8, 4) is 0 Å². The van der Waals surface area contributed by atoms with Crippen LogP contribution in [0.3, 0.4) is 0 Å². The molecule has 1 aromatic heterocycles. The van der Waals surface area contributed by atoms with Crippen molar-refractivity contribution in [3.05, 3.63) is 24.2 Å². The predicted octanol–water partition coefficient (Wildman–Crippen LogP) is 2.86. The first kappa shape index (κ1) is 12.4. The van der Waals surface area contributed by atoms with Crippen molar-refractivity contribution >= 4 is 5.78 Å². The van der Waals surface area contributed by atoms with Crippen LogP contribution >= 0.6 is 0 Å². The summed E-state index contributed by atoms with van der Waals surface area (Å²) in [6.07, 6.45) is 6.32. The van der Waals surface area contributed by atoms with E-state index in [-0.39, 0.29) is 0 Å². The number of likely N-dealkylation sites (N-methyl/N-ethyl adjacent to an activating group) is 1. The third kappa shape index (κ3) is 3.43. The summed E-state index contributed by atoms with van der Waals surface area (Å²) in [6, 6.07) is 3.85. The molecular weight excluding hydrogens is 214 g/mol. The molecule has 3 nitrogen and oxygen atoms in total. The normalized spacial score (nSPS) is 16.8. The van der Waals surface area contributed by atoms with Crippen LogP contribution in [0.4, 0.5) is 0 Å². The summed E-state index contributed by atoms with van der Waals surface area (Å²) < 4.78 is 5.32. The Morgan fingerprint density at radius 3 is 2.82 bits per heavy atom. The highest BCUT2D eigenvalue weighted by Gasteiger charge is 2.23. The third-order valence-corrected chi connectivity index (χ3v) is 3.60. The molecular formula is C14H21NO2. The molecule has 0 spiro atoms. The number of hydrogen-bond donors (Lipinski definition) is 0. The van der Waals surface area contributed by atoms with Crippen molar-refractivity contribution < 1.29 is 9.21 Å². The van der Waals surface area contributed by atoms with Gasteiger partial charge in [-0.2, -0.15) is 0 Å². The predicted molar refractivity (Wildman–Crippen MR) is 66.6 cm³/mol. The average molecular weight is 235 g/mol. The molecule has 3 heteroatoms. The lowest BCUT2D eigenvalue weighted by molar-refractivity contribution is -0.124. The molecule has 2 rings (SSSR count). The van der Waals surface area contributed by atoms with Crippen LogP contribution in [0.1, 0.15) is 38.4 Å². The van der Waals surface area contributed by atoms with E-state index >= 15 is 0 Å². The van der Waals surface area contributed by atoms with Gasteiger partial charge in [-0.3, -0.25) is 9.69 Å². The van der Waals surface area contributed by atoms with Gasteiger partial charge in [-0.15, -0.1) is 0 Å². The fraction of sp³-hybridized carbons (Fsp3) is 0.643. The van der Waals surface area contributed by atoms with Gasteiger partial charge in [0, 0.05) is 5.92 Å². The monoisotopic (exact) mass is 235 g/mol. The maximum atomic E-state index is 12.1. The Morgan fingerprint density at radius 1 is 1.47 bits per heavy atom. The third-order valence-electron chi connectivity index (χ3n) is 3.60. The van der Waals surface area contributed by atoms with Crippen LogP contribution < -0.4 is 0 Å². The number of Topliss-reactive ketones (excluding diaryl/α,β-unsaturated/α-hetero) is 1. The topological polar surface area (TPSA) is 33.5 Å². The summed E-state index contributed by atoms with van der Waals surface area (Å²) in [6.45, 7) is 4.29. The van der Waals surface area contributed by atoms with Crippen LogP contribution in [0.2, 0.25) is 0 Å². The number of ketones is 1. The minimum atomic E-state index is 0.320. The number of furan rings is 1. The molecule has 17 heavy (non-hydrogen) atoms. The van der Waals surface area contributed by atoms with Crippen LogP contribution in [-0.2, 0) is 11.3 Å². The number of rotatable bonds is 6. The Bertz CT molecular complexity index is 339. The summed E-state index contributed by atoms with van der Waals surface area (Å²) >= 11 is 0. The molecule has 0 atom stereocenters. The van der Waals surface area contributed by atoms with Crippen molar-refractivity contribution in [1.29, 1.82) is 0 Å². The van der Waals surface area contributed by atoms with E-state index in [1.165, 1.54) is 12.8 Å². The lowest BCUT2D eigenvalue weighted by atomic mass is 10.0. The quantitative estimate of drug-likeness (QED) is 0.760. The first-order chi connectivity index (χ1) is 8.29. The van der Waals surface area contributed by atoms with E-state index in [0.717, 1.165) is 31.7 Å². The van der Waals surface area contributed by atoms with Gasteiger partial charge >= 0.3 is 0 Å². The van der Waals surface area contributed by atoms with Crippen LogP contribution in [0.15, 0.2) is 22.8 Å². The summed E-state index contributed by atoms with van der Waals surface area (Å²) in [5.74, 6) is 1.67. The molecule has 0 N–H and O–H groups in total. The Hall–Kier alpha value is -1.09. The Morgan fingerprint density at radius 2 is 2.24 bits per heavy atom. The maximum Gasteiger partial charge on any atom is 0.149 e. The van der Waals surface area contributed by atoms with E-state index in [2.05, 4.69) is 11.8 Å². The van der Waals surface area contributed by atoms with Crippen LogP contribution in [0.5, 0.6) is 0 Å². The van der Waals surface area contributed by atoms with Gasteiger partial charge in [0.05, 0.1) is 19.4 Å². The van der Waals surface area contributed by atoms with Crippen LogP contribution in [-0.4, -0.2) is 23.8 Å². The zero-order chi connectivity index (χ0) is 12.1. The van der Waals surface area contributed by atoms with E-state index in [1.807, 2.05) is 12.1 Å². The SMILES string of the molecule is CCN(CC(=O)C1CCCC1)Cc1ccco1. The second-order valence-corrected chi connectivity index (χ2v) is 4.83. The molecule has 1 saturated carbocycles. The van der Waals surface area contributed by atoms with Gasteiger partial charge in [0.2, 0.25) is 0 Å². The molecule has 0 bridgehead atoms. The highest BCUT2D eigenvalue weighted by atomic mass is 16.3. The van der Waals surface area contributed by atoms with Crippen molar-refractivity contribution in [1.82, 2.24) is 4.90 Å². The Labute approximate surface area is 103 Å². The fourth-order valence-electron chi connectivity index (χ4n) is 2.50. The van der Waals surface area contributed by atoms with Gasteiger partial charge < -0.3 is 4.42 Å².